The van der Waals surface area contributed by atoms with Crippen molar-refractivity contribution in [1.82, 2.24) is 4.90 Å². The van der Waals surface area contributed by atoms with Crippen LogP contribution in [0.5, 0.6) is 0 Å². The van der Waals surface area contributed by atoms with Crippen LogP contribution in [0, 0.1) is 0 Å². The van der Waals surface area contributed by atoms with Crippen LogP contribution in [0.25, 0.3) is 0 Å². The molecular weight excluding hydrogens is 382 g/mol. The number of carbonyl (C=O) groups is 1. The van der Waals surface area contributed by atoms with Gasteiger partial charge in [0.1, 0.15) is 0 Å². The molecule has 0 aromatic heterocycles. The van der Waals surface area contributed by atoms with E-state index in [-0.39, 0.29) is 18.2 Å². The molecule has 0 spiro atoms. The highest BCUT2D eigenvalue weighted by Crippen LogP contribution is 2.40. The van der Waals surface area contributed by atoms with E-state index in [9.17, 15) is 15.0 Å². The zero-order chi connectivity index (χ0) is 17.6. The summed E-state index contributed by atoms with van der Waals surface area (Å²) in [7, 11) is 0. The first-order valence-corrected chi connectivity index (χ1v) is 9.31. The number of nitrogens with zero attached hydrogens (tertiary/aromatic N) is 1. The molecular formula is C20H20BrNO3. The van der Waals surface area contributed by atoms with Gasteiger partial charge in [-0.25, -0.2) is 0 Å². The molecule has 2 N–H and O–H groups in total. The number of rotatable bonds is 2. The van der Waals surface area contributed by atoms with Gasteiger partial charge in [0.25, 0.3) is 0 Å². The Morgan fingerprint density at radius 2 is 1.76 bits per heavy atom. The van der Waals surface area contributed by atoms with E-state index < -0.39 is 12.2 Å². The summed E-state index contributed by atoms with van der Waals surface area (Å²) in [6.07, 6.45) is -1.01. The topological polar surface area (TPSA) is 60.8 Å². The summed E-state index contributed by atoms with van der Waals surface area (Å²) in [4.78, 5) is 14.7. The Balaban J connectivity index is 1.68. The van der Waals surface area contributed by atoms with Crippen molar-refractivity contribution in [3.8, 4) is 0 Å². The number of halogens is 1. The van der Waals surface area contributed by atoms with Crippen molar-refractivity contribution in [1.29, 1.82) is 0 Å². The summed E-state index contributed by atoms with van der Waals surface area (Å²) in [6.45, 7) is 1.08. The maximum Gasteiger partial charge on any atom is 0.223 e. The first kappa shape index (κ1) is 16.8. The number of benzene rings is 2. The smallest absolute Gasteiger partial charge is 0.223 e. The Labute approximate surface area is 155 Å². The Kier molecular flexibility index (Phi) is 4.40. The van der Waals surface area contributed by atoms with Crippen LogP contribution in [0.3, 0.4) is 0 Å². The fourth-order valence-electron chi connectivity index (χ4n) is 4.03. The number of carbonyl (C=O) groups excluding carboxylic acids is 1. The SMILES string of the molecule is O=C1CC2c3c(cccc3CN1Cc1ccc(Br)cc1)CC(O)C2O. The lowest BCUT2D eigenvalue weighted by Gasteiger charge is -2.33. The van der Waals surface area contributed by atoms with Gasteiger partial charge in [-0.3, -0.25) is 4.79 Å². The molecule has 1 amide bonds. The first-order chi connectivity index (χ1) is 12.0. The summed E-state index contributed by atoms with van der Waals surface area (Å²) < 4.78 is 1.01. The van der Waals surface area contributed by atoms with Crippen LogP contribution in [-0.2, 0) is 24.3 Å². The monoisotopic (exact) mass is 401 g/mol. The molecule has 0 saturated carbocycles. The summed E-state index contributed by atoms with van der Waals surface area (Å²) >= 11 is 3.43. The molecule has 0 radical (unpaired) electrons. The van der Waals surface area contributed by atoms with Crippen LogP contribution in [0.1, 0.15) is 34.6 Å². The minimum absolute atomic E-state index is 0.0169. The van der Waals surface area contributed by atoms with E-state index in [4.69, 9.17) is 0 Å². The average molecular weight is 402 g/mol. The van der Waals surface area contributed by atoms with Crippen molar-refractivity contribution < 1.29 is 15.0 Å². The minimum Gasteiger partial charge on any atom is -0.390 e. The number of hydrogen-bond acceptors (Lipinski definition) is 3. The number of amides is 1. The third kappa shape index (κ3) is 3.12. The highest BCUT2D eigenvalue weighted by atomic mass is 79.9. The minimum atomic E-state index is -0.884. The van der Waals surface area contributed by atoms with E-state index in [2.05, 4.69) is 15.9 Å². The number of aliphatic hydroxyl groups excluding tert-OH is 2. The van der Waals surface area contributed by atoms with E-state index in [0.29, 0.717) is 19.5 Å². The van der Waals surface area contributed by atoms with Crippen molar-refractivity contribution in [3.05, 3.63) is 69.2 Å². The molecule has 0 fully saturated rings. The van der Waals surface area contributed by atoms with Crippen LogP contribution in [0.2, 0.25) is 0 Å². The van der Waals surface area contributed by atoms with Gasteiger partial charge in [0.15, 0.2) is 0 Å². The molecule has 2 aliphatic rings. The highest BCUT2D eigenvalue weighted by molar-refractivity contribution is 9.10. The van der Waals surface area contributed by atoms with E-state index in [1.165, 1.54) is 0 Å². The first-order valence-electron chi connectivity index (χ1n) is 8.52. The van der Waals surface area contributed by atoms with Crippen molar-refractivity contribution in [2.45, 2.75) is 44.1 Å². The van der Waals surface area contributed by atoms with Gasteiger partial charge >= 0.3 is 0 Å². The van der Waals surface area contributed by atoms with Crippen molar-refractivity contribution in [3.63, 3.8) is 0 Å². The maximum absolute atomic E-state index is 12.8. The third-order valence-electron chi connectivity index (χ3n) is 5.29. The predicted molar refractivity (Wildman–Crippen MR) is 97.9 cm³/mol. The van der Waals surface area contributed by atoms with Crippen LogP contribution < -0.4 is 0 Å². The van der Waals surface area contributed by atoms with Gasteiger partial charge in [-0.15, -0.1) is 0 Å². The van der Waals surface area contributed by atoms with E-state index >= 15 is 0 Å². The molecule has 25 heavy (non-hydrogen) atoms. The van der Waals surface area contributed by atoms with Crippen LogP contribution in [-0.4, -0.2) is 33.2 Å². The van der Waals surface area contributed by atoms with E-state index in [0.717, 1.165) is 26.7 Å². The molecule has 0 saturated heterocycles. The number of aliphatic hydroxyl groups is 2. The Hall–Kier alpha value is -1.69. The average Bonchev–Trinajstić information content (AvgIpc) is 2.73. The van der Waals surface area contributed by atoms with Crippen LogP contribution >= 0.6 is 15.9 Å². The van der Waals surface area contributed by atoms with E-state index in [1.807, 2.05) is 47.4 Å². The molecule has 4 rings (SSSR count). The molecule has 4 nitrogen and oxygen atoms in total. The summed E-state index contributed by atoms with van der Waals surface area (Å²) in [6, 6.07) is 14.0. The molecule has 3 atom stereocenters. The summed E-state index contributed by atoms with van der Waals surface area (Å²) in [5.74, 6) is -0.305. The Morgan fingerprint density at radius 3 is 2.52 bits per heavy atom. The molecule has 1 aliphatic carbocycles. The lowest BCUT2D eigenvalue weighted by molar-refractivity contribution is -0.133. The largest absolute Gasteiger partial charge is 0.390 e. The second-order valence-corrected chi connectivity index (χ2v) is 7.85. The second kappa shape index (κ2) is 6.56. The zero-order valence-corrected chi connectivity index (χ0v) is 15.3. The zero-order valence-electron chi connectivity index (χ0n) is 13.7. The van der Waals surface area contributed by atoms with Gasteiger partial charge in [0.05, 0.1) is 12.2 Å². The van der Waals surface area contributed by atoms with Gasteiger partial charge in [-0.2, -0.15) is 0 Å². The van der Waals surface area contributed by atoms with Gasteiger partial charge in [0.2, 0.25) is 5.91 Å². The predicted octanol–water partition coefficient (Wildman–Crippen LogP) is 2.74. The molecule has 1 aliphatic heterocycles. The molecule has 3 unspecified atom stereocenters. The van der Waals surface area contributed by atoms with Crippen LogP contribution in [0.15, 0.2) is 46.9 Å². The standard InChI is InChI=1S/C20H20BrNO3/c21-15-6-4-12(5-7-15)10-22-11-14-3-1-2-13-8-17(23)20(25)16(19(13)14)9-18(22)24/h1-7,16-17,20,23,25H,8-11H2. The van der Waals surface area contributed by atoms with Gasteiger partial charge in [-0.1, -0.05) is 46.3 Å². The fraction of sp³-hybridized carbons (Fsp3) is 0.350. The van der Waals surface area contributed by atoms with Crippen molar-refractivity contribution in [2.24, 2.45) is 0 Å². The van der Waals surface area contributed by atoms with E-state index in [1.54, 1.807) is 0 Å². The molecule has 5 heteroatoms. The number of hydrogen-bond donors (Lipinski definition) is 2. The molecule has 1 heterocycles. The molecule has 2 aromatic rings. The second-order valence-electron chi connectivity index (χ2n) is 6.94. The van der Waals surface area contributed by atoms with Gasteiger partial charge in [-0.05, 0) is 34.4 Å². The molecule has 2 aromatic carbocycles. The fourth-order valence-corrected chi connectivity index (χ4v) is 4.30. The third-order valence-corrected chi connectivity index (χ3v) is 5.82. The summed E-state index contributed by atoms with van der Waals surface area (Å²) in [5, 5.41) is 20.6. The summed E-state index contributed by atoms with van der Waals surface area (Å²) in [5.41, 5.74) is 4.27. The van der Waals surface area contributed by atoms with Gasteiger partial charge in [0, 0.05) is 36.3 Å². The maximum atomic E-state index is 12.8. The lowest BCUT2D eigenvalue weighted by atomic mass is 9.76. The van der Waals surface area contributed by atoms with Crippen LogP contribution in [0.4, 0.5) is 0 Å². The van der Waals surface area contributed by atoms with Crippen molar-refractivity contribution in [2.75, 3.05) is 0 Å². The Bertz CT molecular complexity index is 805. The normalized spacial score (nSPS) is 25.5. The Morgan fingerprint density at radius 1 is 1.04 bits per heavy atom. The van der Waals surface area contributed by atoms with Gasteiger partial charge < -0.3 is 15.1 Å². The quantitative estimate of drug-likeness (QED) is 0.812. The van der Waals surface area contributed by atoms with Crippen molar-refractivity contribution >= 4 is 21.8 Å². The molecule has 130 valence electrons. The molecule has 0 bridgehead atoms. The highest BCUT2D eigenvalue weighted by Gasteiger charge is 2.40. The lowest BCUT2D eigenvalue weighted by Crippen LogP contribution is -2.39.